The number of hydrogen-bond donors (Lipinski definition) is 1. The Hall–Kier alpha value is -3.01. The van der Waals surface area contributed by atoms with Crippen molar-refractivity contribution in [2.24, 2.45) is 0 Å². The largest absolute Gasteiger partial charge is 0.495 e. The Kier molecular flexibility index (Phi) is 4.89. The molecule has 0 aliphatic rings. The van der Waals surface area contributed by atoms with Gasteiger partial charge in [-0.15, -0.1) is 0 Å². The molecule has 1 N–H and O–H groups in total. The summed E-state index contributed by atoms with van der Waals surface area (Å²) in [7, 11) is 1.58. The molecule has 1 amide bonds. The highest BCUT2D eigenvalue weighted by Crippen LogP contribution is 2.26. The number of ether oxygens (including phenoxy) is 2. The van der Waals surface area contributed by atoms with E-state index < -0.39 is 6.10 Å². The normalized spacial score (nSPS) is 11.8. The average Bonchev–Trinajstić information content (AvgIpc) is 2.61. The van der Waals surface area contributed by atoms with Gasteiger partial charge in [0.1, 0.15) is 11.5 Å². The third-order valence-corrected chi connectivity index (χ3v) is 4.02. The van der Waals surface area contributed by atoms with Gasteiger partial charge in [0.05, 0.1) is 12.8 Å². The molecule has 3 rings (SSSR count). The van der Waals surface area contributed by atoms with Gasteiger partial charge in [0.25, 0.3) is 5.91 Å². The zero-order valence-corrected chi connectivity index (χ0v) is 14.6. The smallest absolute Gasteiger partial charge is 0.265 e. The van der Waals surface area contributed by atoms with Crippen LogP contribution in [-0.2, 0) is 4.79 Å². The molecule has 4 nitrogen and oxygen atoms in total. The summed E-state index contributed by atoms with van der Waals surface area (Å²) < 4.78 is 11.1. The number of aryl methyl sites for hydroxylation is 1. The standard InChI is InChI=1S/C21H21NO3/c1-14-8-11-20(24-3)19(12-14)22-21(23)15(2)25-18-10-9-16-6-4-5-7-17(16)13-18/h4-13,15H,1-3H3,(H,22,23). The quantitative estimate of drug-likeness (QED) is 0.743. The lowest BCUT2D eigenvalue weighted by atomic mass is 10.1. The van der Waals surface area contributed by atoms with Crippen LogP contribution in [0.15, 0.2) is 60.7 Å². The van der Waals surface area contributed by atoms with Crippen LogP contribution >= 0.6 is 0 Å². The first kappa shape index (κ1) is 16.8. The van der Waals surface area contributed by atoms with E-state index in [1.165, 1.54) is 0 Å². The lowest BCUT2D eigenvalue weighted by molar-refractivity contribution is -0.122. The van der Waals surface area contributed by atoms with Crippen LogP contribution in [0, 0.1) is 6.92 Å². The predicted molar refractivity (Wildman–Crippen MR) is 100 cm³/mol. The zero-order chi connectivity index (χ0) is 17.8. The second-order valence-electron chi connectivity index (χ2n) is 5.96. The molecular formula is C21H21NO3. The summed E-state index contributed by atoms with van der Waals surface area (Å²) in [5.74, 6) is 1.06. The molecule has 4 heteroatoms. The first-order chi connectivity index (χ1) is 12.1. The van der Waals surface area contributed by atoms with Crippen LogP contribution in [0.5, 0.6) is 11.5 Å². The number of methoxy groups -OCH3 is 1. The van der Waals surface area contributed by atoms with Crippen LogP contribution in [0.25, 0.3) is 10.8 Å². The van der Waals surface area contributed by atoms with Gasteiger partial charge in [-0.2, -0.15) is 0 Å². The molecule has 0 aliphatic heterocycles. The van der Waals surface area contributed by atoms with E-state index in [9.17, 15) is 4.79 Å². The molecule has 128 valence electrons. The minimum absolute atomic E-state index is 0.225. The van der Waals surface area contributed by atoms with Gasteiger partial charge in [0.15, 0.2) is 6.10 Å². The summed E-state index contributed by atoms with van der Waals surface area (Å²) in [5, 5.41) is 5.08. The number of hydrogen-bond acceptors (Lipinski definition) is 3. The van der Waals surface area contributed by atoms with Crippen LogP contribution in [0.3, 0.4) is 0 Å². The van der Waals surface area contributed by atoms with E-state index in [2.05, 4.69) is 5.32 Å². The predicted octanol–water partition coefficient (Wildman–Crippen LogP) is 4.56. The molecular weight excluding hydrogens is 314 g/mol. The van der Waals surface area contributed by atoms with E-state index >= 15 is 0 Å². The van der Waals surface area contributed by atoms with Gasteiger partial charge < -0.3 is 14.8 Å². The van der Waals surface area contributed by atoms with Gasteiger partial charge in [0.2, 0.25) is 0 Å². The number of carbonyl (C=O) groups excluding carboxylic acids is 1. The molecule has 25 heavy (non-hydrogen) atoms. The molecule has 0 aromatic heterocycles. The molecule has 0 heterocycles. The molecule has 3 aromatic carbocycles. The van der Waals surface area contributed by atoms with Crippen molar-refractivity contribution in [2.45, 2.75) is 20.0 Å². The number of nitrogens with one attached hydrogen (secondary N) is 1. The Bertz CT molecular complexity index is 905. The van der Waals surface area contributed by atoms with Crippen molar-refractivity contribution in [3.05, 3.63) is 66.2 Å². The fourth-order valence-electron chi connectivity index (χ4n) is 2.65. The lowest BCUT2D eigenvalue weighted by Crippen LogP contribution is -2.30. The van der Waals surface area contributed by atoms with E-state index in [0.717, 1.165) is 16.3 Å². The Morgan fingerprint density at radius 2 is 1.76 bits per heavy atom. The summed E-state index contributed by atoms with van der Waals surface area (Å²) >= 11 is 0. The van der Waals surface area contributed by atoms with E-state index in [4.69, 9.17) is 9.47 Å². The molecule has 0 radical (unpaired) electrons. The van der Waals surface area contributed by atoms with Gasteiger partial charge in [0, 0.05) is 0 Å². The molecule has 1 unspecified atom stereocenters. The molecule has 0 saturated heterocycles. The molecule has 0 fully saturated rings. The van der Waals surface area contributed by atoms with E-state index in [0.29, 0.717) is 17.2 Å². The van der Waals surface area contributed by atoms with Crippen molar-refractivity contribution in [1.29, 1.82) is 0 Å². The fourth-order valence-corrected chi connectivity index (χ4v) is 2.65. The van der Waals surface area contributed by atoms with Crippen LogP contribution in [0.2, 0.25) is 0 Å². The first-order valence-electron chi connectivity index (χ1n) is 8.18. The summed E-state index contributed by atoms with van der Waals surface area (Å²) in [4.78, 5) is 12.5. The Labute approximate surface area is 147 Å². The molecule has 0 spiro atoms. The third-order valence-electron chi connectivity index (χ3n) is 4.02. The Morgan fingerprint density at radius 3 is 2.52 bits per heavy atom. The van der Waals surface area contributed by atoms with Crippen molar-refractivity contribution in [2.75, 3.05) is 12.4 Å². The van der Waals surface area contributed by atoms with Crippen molar-refractivity contribution >= 4 is 22.4 Å². The van der Waals surface area contributed by atoms with Gasteiger partial charge >= 0.3 is 0 Å². The summed E-state index contributed by atoms with van der Waals surface area (Å²) in [6.45, 7) is 3.69. The monoisotopic (exact) mass is 335 g/mol. The zero-order valence-electron chi connectivity index (χ0n) is 14.6. The minimum atomic E-state index is -0.633. The fraction of sp³-hybridized carbons (Fsp3) is 0.190. The van der Waals surface area contributed by atoms with Crippen LogP contribution in [-0.4, -0.2) is 19.1 Å². The van der Waals surface area contributed by atoms with Crippen molar-refractivity contribution in [3.8, 4) is 11.5 Å². The molecule has 3 aromatic rings. The average molecular weight is 335 g/mol. The van der Waals surface area contributed by atoms with Crippen molar-refractivity contribution < 1.29 is 14.3 Å². The second-order valence-corrected chi connectivity index (χ2v) is 5.96. The van der Waals surface area contributed by atoms with Gasteiger partial charge in [-0.3, -0.25) is 4.79 Å². The van der Waals surface area contributed by atoms with Crippen molar-refractivity contribution in [3.63, 3.8) is 0 Å². The number of rotatable bonds is 5. The van der Waals surface area contributed by atoms with Gasteiger partial charge in [-0.05, 0) is 54.4 Å². The molecule has 0 aliphatic carbocycles. The highest BCUT2D eigenvalue weighted by molar-refractivity contribution is 5.95. The topological polar surface area (TPSA) is 47.6 Å². The van der Waals surface area contributed by atoms with Crippen LogP contribution < -0.4 is 14.8 Å². The SMILES string of the molecule is COc1ccc(C)cc1NC(=O)C(C)Oc1ccc2ccccc2c1. The Morgan fingerprint density at radius 1 is 1.00 bits per heavy atom. The number of anilines is 1. The summed E-state index contributed by atoms with van der Waals surface area (Å²) in [6, 6.07) is 19.5. The molecule has 0 bridgehead atoms. The number of amides is 1. The molecule has 0 saturated carbocycles. The van der Waals surface area contributed by atoms with E-state index in [1.54, 1.807) is 14.0 Å². The number of fused-ring (bicyclic) bond motifs is 1. The Balaban J connectivity index is 1.72. The van der Waals surface area contributed by atoms with Gasteiger partial charge in [-0.1, -0.05) is 36.4 Å². The van der Waals surface area contributed by atoms with Crippen LogP contribution in [0.4, 0.5) is 5.69 Å². The summed E-state index contributed by atoms with van der Waals surface area (Å²) in [6.07, 6.45) is -0.633. The van der Waals surface area contributed by atoms with Crippen LogP contribution in [0.1, 0.15) is 12.5 Å². The highest BCUT2D eigenvalue weighted by Gasteiger charge is 2.17. The van der Waals surface area contributed by atoms with E-state index in [-0.39, 0.29) is 5.91 Å². The lowest BCUT2D eigenvalue weighted by Gasteiger charge is -2.17. The van der Waals surface area contributed by atoms with Crippen molar-refractivity contribution in [1.82, 2.24) is 0 Å². The number of benzene rings is 3. The maximum absolute atomic E-state index is 12.5. The highest BCUT2D eigenvalue weighted by atomic mass is 16.5. The number of carbonyl (C=O) groups is 1. The van der Waals surface area contributed by atoms with Gasteiger partial charge in [-0.25, -0.2) is 0 Å². The summed E-state index contributed by atoms with van der Waals surface area (Å²) in [5.41, 5.74) is 1.68. The minimum Gasteiger partial charge on any atom is -0.495 e. The van der Waals surface area contributed by atoms with E-state index in [1.807, 2.05) is 67.6 Å². The second kappa shape index (κ2) is 7.26. The maximum Gasteiger partial charge on any atom is 0.265 e. The molecule has 1 atom stereocenters. The first-order valence-corrected chi connectivity index (χ1v) is 8.18. The maximum atomic E-state index is 12.5. The third kappa shape index (κ3) is 3.91.